The van der Waals surface area contributed by atoms with E-state index in [1.807, 2.05) is 0 Å². The molecule has 0 aliphatic heterocycles. The van der Waals surface area contributed by atoms with Crippen LogP contribution < -0.4 is 0 Å². The first-order valence-corrected chi connectivity index (χ1v) is 6.49. The minimum absolute atomic E-state index is 0.441. The fraction of sp³-hybridized carbons (Fsp3) is 0.625. The summed E-state index contributed by atoms with van der Waals surface area (Å²) in [5, 5.41) is 0. The molecule has 3 rings (SSSR count). The van der Waals surface area contributed by atoms with Gasteiger partial charge in [0.25, 0.3) is 0 Å². The zero-order valence-electron chi connectivity index (χ0n) is 10.9. The average Bonchev–Trinajstić information content (AvgIpc) is 2.57. The molecule has 0 nitrogen and oxygen atoms in total. The monoisotopic (exact) mass is 214 g/mol. The van der Waals surface area contributed by atoms with Crippen molar-refractivity contribution in [2.45, 2.75) is 52.4 Å². The van der Waals surface area contributed by atoms with Crippen LogP contribution >= 0.6 is 0 Å². The molecule has 2 aliphatic rings. The van der Waals surface area contributed by atoms with Crippen LogP contribution in [-0.2, 0) is 11.8 Å². The van der Waals surface area contributed by atoms with Crippen molar-refractivity contribution in [1.29, 1.82) is 0 Å². The topological polar surface area (TPSA) is 0 Å². The standard InChI is InChI=1S/C16H22/c1-14(2)11-15(3,4)16(14)10-9-12-7-5-6-8-13(12)16/h5-8H,9-11H2,1-4H3. The van der Waals surface area contributed by atoms with Crippen LogP contribution in [0.5, 0.6) is 0 Å². The van der Waals surface area contributed by atoms with Gasteiger partial charge >= 0.3 is 0 Å². The molecule has 1 saturated carbocycles. The Morgan fingerprint density at radius 3 is 2.19 bits per heavy atom. The van der Waals surface area contributed by atoms with Crippen molar-refractivity contribution in [3.05, 3.63) is 35.4 Å². The molecule has 0 aromatic heterocycles. The predicted molar refractivity (Wildman–Crippen MR) is 68.6 cm³/mol. The Bertz CT molecular complexity index is 423. The highest BCUT2D eigenvalue weighted by Crippen LogP contribution is 2.72. The minimum Gasteiger partial charge on any atom is -0.0620 e. The fourth-order valence-corrected chi connectivity index (χ4v) is 5.23. The van der Waals surface area contributed by atoms with E-state index in [0.717, 1.165) is 0 Å². The summed E-state index contributed by atoms with van der Waals surface area (Å²) in [6.45, 7) is 9.83. The molecule has 0 heterocycles. The van der Waals surface area contributed by atoms with E-state index >= 15 is 0 Å². The lowest BCUT2D eigenvalue weighted by Gasteiger charge is -2.67. The van der Waals surface area contributed by atoms with E-state index < -0.39 is 0 Å². The minimum atomic E-state index is 0.441. The summed E-state index contributed by atoms with van der Waals surface area (Å²) < 4.78 is 0. The molecule has 86 valence electrons. The average molecular weight is 214 g/mol. The Kier molecular flexibility index (Phi) is 1.77. The van der Waals surface area contributed by atoms with Gasteiger partial charge in [0.2, 0.25) is 0 Å². The maximum Gasteiger partial charge on any atom is 0.00614 e. The lowest BCUT2D eigenvalue weighted by molar-refractivity contribution is -0.116. The smallest absolute Gasteiger partial charge is 0.00614 e. The van der Waals surface area contributed by atoms with Gasteiger partial charge in [0.1, 0.15) is 0 Å². The van der Waals surface area contributed by atoms with Gasteiger partial charge in [0.05, 0.1) is 0 Å². The molecule has 0 amide bonds. The summed E-state index contributed by atoms with van der Waals surface area (Å²) in [5.41, 5.74) is 4.64. The molecule has 1 spiro atoms. The van der Waals surface area contributed by atoms with E-state index in [1.165, 1.54) is 19.3 Å². The third kappa shape index (κ3) is 0.924. The van der Waals surface area contributed by atoms with Crippen LogP contribution in [0.2, 0.25) is 0 Å². The normalized spacial score (nSPS) is 27.5. The van der Waals surface area contributed by atoms with E-state index in [0.29, 0.717) is 16.2 Å². The highest BCUT2D eigenvalue weighted by molar-refractivity contribution is 5.46. The number of benzene rings is 1. The first kappa shape index (κ1) is 10.4. The molecule has 1 aromatic carbocycles. The van der Waals surface area contributed by atoms with Crippen molar-refractivity contribution in [1.82, 2.24) is 0 Å². The van der Waals surface area contributed by atoms with Gasteiger partial charge in [0, 0.05) is 5.41 Å². The summed E-state index contributed by atoms with van der Waals surface area (Å²) >= 11 is 0. The number of aryl methyl sites for hydroxylation is 1. The summed E-state index contributed by atoms with van der Waals surface area (Å²) in [4.78, 5) is 0. The lowest BCUT2D eigenvalue weighted by Crippen LogP contribution is -2.62. The summed E-state index contributed by atoms with van der Waals surface area (Å²) in [5.74, 6) is 0. The van der Waals surface area contributed by atoms with Gasteiger partial charge in [-0.1, -0.05) is 52.0 Å². The van der Waals surface area contributed by atoms with Gasteiger partial charge in [-0.25, -0.2) is 0 Å². The van der Waals surface area contributed by atoms with Gasteiger partial charge in [-0.05, 0) is 41.2 Å². The quantitative estimate of drug-likeness (QED) is 0.603. The van der Waals surface area contributed by atoms with Crippen molar-refractivity contribution in [2.24, 2.45) is 10.8 Å². The molecule has 0 radical (unpaired) electrons. The van der Waals surface area contributed by atoms with Crippen molar-refractivity contribution in [2.75, 3.05) is 0 Å². The lowest BCUT2D eigenvalue weighted by atomic mass is 9.37. The van der Waals surface area contributed by atoms with E-state index in [9.17, 15) is 0 Å². The van der Waals surface area contributed by atoms with Crippen LogP contribution in [0, 0.1) is 10.8 Å². The fourth-order valence-electron chi connectivity index (χ4n) is 5.23. The van der Waals surface area contributed by atoms with E-state index in [-0.39, 0.29) is 0 Å². The third-order valence-electron chi connectivity index (χ3n) is 5.44. The highest BCUT2D eigenvalue weighted by Gasteiger charge is 2.66. The molecule has 0 atom stereocenters. The van der Waals surface area contributed by atoms with Crippen LogP contribution in [0.15, 0.2) is 24.3 Å². The molecule has 2 aliphatic carbocycles. The van der Waals surface area contributed by atoms with Crippen molar-refractivity contribution in [3.8, 4) is 0 Å². The van der Waals surface area contributed by atoms with Crippen molar-refractivity contribution >= 4 is 0 Å². The molecular formula is C16H22. The van der Waals surface area contributed by atoms with Crippen molar-refractivity contribution in [3.63, 3.8) is 0 Å². The second-order valence-electron chi connectivity index (χ2n) is 7.01. The van der Waals surface area contributed by atoms with E-state index in [4.69, 9.17) is 0 Å². The second kappa shape index (κ2) is 2.72. The first-order valence-electron chi connectivity index (χ1n) is 6.49. The maximum absolute atomic E-state index is 2.46. The van der Waals surface area contributed by atoms with Crippen LogP contribution in [0.4, 0.5) is 0 Å². The van der Waals surface area contributed by atoms with Crippen LogP contribution in [-0.4, -0.2) is 0 Å². The molecule has 16 heavy (non-hydrogen) atoms. The zero-order chi connectivity index (χ0) is 11.6. The Hall–Kier alpha value is -0.780. The Morgan fingerprint density at radius 2 is 1.56 bits per heavy atom. The van der Waals surface area contributed by atoms with Gasteiger partial charge < -0.3 is 0 Å². The van der Waals surface area contributed by atoms with Crippen LogP contribution in [0.25, 0.3) is 0 Å². The van der Waals surface area contributed by atoms with Gasteiger partial charge in [0.15, 0.2) is 0 Å². The Morgan fingerprint density at radius 1 is 0.938 bits per heavy atom. The highest BCUT2D eigenvalue weighted by atomic mass is 14.7. The molecule has 1 fully saturated rings. The molecule has 0 heteroatoms. The van der Waals surface area contributed by atoms with Crippen LogP contribution in [0.1, 0.15) is 51.7 Å². The van der Waals surface area contributed by atoms with Crippen LogP contribution in [0.3, 0.4) is 0 Å². The van der Waals surface area contributed by atoms with E-state index in [2.05, 4.69) is 52.0 Å². The zero-order valence-corrected chi connectivity index (χ0v) is 10.9. The Balaban J connectivity index is 2.21. The second-order valence-corrected chi connectivity index (χ2v) is 7.01. The molecular weight excluding hydrogens is 192 g/mol. The Labute approximate surface area is 99.1 Å². The number of rotatable bonds is 0. The molecule has 0 saturated heterocycles. The maximum atomic E-state index is 2.46. The van der Waals surface area contributed by atoms with Gasteiger partial charge in [-0.2, -0.15) is 0 Å². The summed E-state index contributed by atoms with van der Waals surface area (Å²) in [6.07, 6.45) is 3.99. The number of fused-ring (bicyclic) bond motifs is 2. The molecule has 1 aromatic rings. The third-order valence-corrected chi connectivity index (χ3v) is 5.44. The largest absolute Gasteiger partial charge is 0.0620 e. The first-order chi connectivity index (χ1) is 7.41. The summed E-state index contributed by atoms with van der Waals surface area (Å²) in [7, 11) is 0. The molecule has 0 bridgehead atoms. The van der Waals surface area contributed by atoms with Crippen molar-refractivity contribution < 1.29 is 0 Å². The van der Waals surface area contributed by atoms with Gasteiger partial charge in [-0.3, -0.25) is 0 Å². The molecule has 0 unspecified atom stereocenters. The SMILES string of the molecule is CC1(C)CC(C)(C)C12CCc1ccccc12. The van der Waals surface area contributed by atoms with E-state index in [1.54, 1.807) is 11.1 Å². The number of hydrogen-bond acceptors (Lipinski definition) is 0. The molecule has 0 N–H and O–H groups in total. The summed E-state index contributed by atoms with van der Waals surface area (Å²) in [6, 6.07) is 9.12. The van der Waals surface area contributed by atoms with Gasteiger partial charge in [-0.15, -0.1) is 0 Å². The number of hydrogen-bond donors (Lipinski definition) is 0. The predicted octanol–water partition coefficient (Wildman–Crippen LogP) is 4.33.